The lowest BCUT2D eigenvalue weighted by Gasteiger charge is -2.61. The number of hydrogen-bond donors (Lipinski definition) is 0. The van der Waals surface area contributed by atoms with E-state index in [2.05, 4.69) is 57.5 Å². The number of ketones is 2. The summed E-state index contributed by atoms with van der Waals surface area (Å²) < 4.78 is 33.4. The van der Waals surface area contributed by atoms with Crippen molar-refractivity contribution in [1.29, 1.82) is 0 Å². The SMILES string of the molecule is CC[Si](CC)(CC)O[C@H]1C(=O)[C@]2(C)[C@@H](O[Si](CC)(CC)CC)C[C@H](Br)[C@@]3(CO3)[C@H]2[C@@H]2OC(=O)O[C@]23CC(=O)C(C)=C1C3(C)C. The molecule has 2 saturated heterocycles. The minimum absolute atomic E-state index is 0.0107. The zero-order valence-electron chi connectivity index (χ0n) is 28.4. The van der Waals surface area contributed by atoms with Crippen LogP contribution in [0, 0.1) is 16.7 Å². The van der Waals surface area contributed by atoms with E-state index in [0.29, 0.717) is 24.2 Å². The van der Waals surface area contributed by atoms with Crippen molar-refractivity contribution in [3.8, 4) is 0 Å². The second-order valence-electron chi connectivity index (χ2n) is 14.7. The molecule has 2 aliphatic heterocycles. The maximum atomic E-state index is 15.8. The number of halogens is 1. The second-order valence-corrected chi connectivity index (χ2v) is 25.3. The van der Waals surface area contributed by atoms with Crippen molar-refractivity contribution in [1.82, 2.24) is 0 Å². The van der Waals surface area contributed by atoms with Crippen molar-refractivity contribution >= 4 is 50.3 Å². The third-order valence-electron chi connectivity index (χ3n) is 13.2. The van der Waals surface area contributed by atoms with Gasteiger partial charge in [0.15, 0.2) is 39.9 Å². The van der Waals surface area contributed by atoms with Crippen molar-refractivity contribution in [3.63, 3.8) is 0 Å². The van der Waals surface area contributed by atoms with Crippen LogP contribution in [0.3, 0.4) is 0 Å². The van der Waals surface area contributed by atoms with Crippen molar-refractivity contribution in [3.05, 3.63) is 11.1 Å². The molecule has 248 valence electrons. The predicted octanol–water partition coefficient (Wildman–Crippen LogP) is 7.50. The highest BCUT2D eigenvalue weighted by atomic mass is 79.9. The number of allylic oxidation sites excluding steroid dienone is 1. The largest absolute Gasteiger partial charge is 0.509 e. The van der Waals surface area contributed by atoms with Crippen LogP contribution in [0.15, 0.2) is 11.1 Å². The van der Waals surface area contributed by atoms with Gasteiger partial charge in [-0.05, 0) is 67.7 Å². The highest BCUT2D eigenvalue weighted by Gasteiger charge is 2.80. The van der Waals surface area contributed by atoms with E-state index in [1.807, 2.05) is 27.7 Å². The van der Waals surface area contributed by atoms with Gasteiger partial charge in [-0.2, -0.15) is 0 Å². The van der Waals surface area contributed by atoms with Crippen LogP contribution in [-0.4, -0.2) is 75.3 Å². The molecule has 0 aromatic carbocycles. The molecule has 8 atom stereocenters. The van der Waals surface area contributed by atoms with Gasteiger partial charge in [-0.25, -0.2) is 4.79 Å². The van der Waals surface area contributed by atoms with Gasteiger partial charge in [0.05, 0.1) is 24.5 Å². The van der Waals surface area contributed by atoms with Gasteiger partial charge in [0.1, 0.15) is 11.7 Å². The lowest BCUT2D eigenvalue weighted by atomic mass is 9.47. The summed E-state index contributed by atoms with van der Waals surface area (Å²) in [6, 6.07) is 5.37. The Kier molecular flexibility index (Phi) is 8.92. The molecule has 0 amide bonds. The summed E-state index contributed by atoms with van der Waals surface area (Å²) in [6.45, 7) is 21.3. The van der Waals surface area contributed by atoms with Gasteiger partial charge in [-0.15, -0.1) is 0 Å². The Bertz CT molecular complexity index is 1220. The number of hydrogen-bond acceptors (Lipinski definition) is 8. The summed E-state index contributed by atoms with van der Waals surface area (Å²) in [5, 5.41) is 0. The van der Waals surface area contributed by atoms with E-state index in [-0.39, 0.29) is 22.8 Å². The highest BCUT2D eigenvalue weighted by molar-refractivity contribution is 9.09. The molecule has 0 unspecified atom stereocenters. The smallest absolute Gasteiger partial charge is 0.426 e. The Morgan fingerprint density at radius 2 is 1.41 bits per heavy atom. The van der Waals surface area contributed by atoms with Crippen LogP contribution in [0.2, 0.25) is 36.3 Å². The monoisotopic (exact) mass is 712 g/mol. The van der Waals surface area contributed by atoms with Crippen molar-refractivity contribution < 1.29 is 37.4 Å². The summed E-state index contributed by atoms with van der Waals surface area (Å²) >= 11 is 3.98. The van der Waals surface area contributed by atoms with E-state index in [0.717, 1.165) is 36.3 Å². The fourth-order valence-corrected chi connectivity index (χ4v) is 16.0. The Labute approximate surface area is 274 Å². The molecule has 44 heavy (non-hydrogen) atoms. The third-order valence-corrected chi connectivity index (χ3v) is 23.6. The molecule has 0 aromatic heterocycles. The molecule has 8 nitrogen and oxygen atoms in total. The van der Waals surface area contributed by atoms with Crippen LogP contribution >= 0.6 is 15.9 Å². The van der Waals surface area contributed by atoms with Crippen LogP contribution in [0.1, 0.15) is 82.1 Å². The maximum absolute atomic E-state index is 15.8. The summed E-state index contributed by atoms with van der Waals surface area (Å²) in [4.78, 5) is 43.0. The molecule has 5 rings (SSSR count). The molecule has 2 bridgehead atoms. The number of ether oxygens (including phenoxy) is 3. The van der Waals surface area contributed by atoms with E-state index < -0.39 is 69.1 Å². The molecule has 2 spiro atoms. The lowest BCUT2D eigenvalue weighted by molar-refractivity contribution is -0.186. The van der Waals surface area contributed by atoms with E-state index in [4.69, 9.17) is 23.1 Å². The minimum atomic E-state index is -2.40. The van der Waals surface area contributed by atoms with E-state index in [1.165, 1.54) is 0 Å². The first-order chi connectivity index (χ1) is 20.6. The molecule has 5 aliphatic rings. The van der Waals surface area contributed by atoms with Crippen LogP contribution in [-0.2, 0) is 32.7 Å². The molecule has 0 N–H and O–H groups in total. The normalized spacial score (nSPS) is 39.8. The molecule has 2 saturated carbocycles. The Hall–Kier alpha value is -0.856. The van der Waals surface area contributed by atoms with Crippen LogP contribution in [0.5, 0.6) is 0 Å². The first kappa shape index (κ1) is 34.5. The van der Waals surface area contributed by atoms with Gasteiger partial charge in [-0.1, -0.05) is 71.3 Å². The van der Waals surface area contributed by atoms with Gasteiger partial charge in [0.25, 0.3) is 0 Å². The van der Waals surface area contributed by atoms with Crippen LogP contribution < -0.4 is 0 Å². The standard InChI is InChI=1S/C33H53BrO8Si2/c1-11-43(12-2,13-3)41-23-17-22(34)32(19-38-32)26-28-33(40-29(37)39-28)18-21(35)20(7)24(30(33,8)9)25(27(36)31(23,26)10)42-44(14-4,15-5)16-6/h22-23,25-26,28H,11-19H2,1-10H3/t22-,23-,25+,26-,28-,31+,32-,33+/m0/s1. The number of Topliss-reactive ketones (excluding diaryl/α,β-unsaturated/α-hetero) is 2. The number of epoxide rings is 1. The molecular weight excluding hydrogens is 660 g/mol. The summed E-state index contributed by atoms with van der Waals surface area (Å²) in [5.41, 5.74) is -2.95. The minimum Gasteiger partial charge on any atom is -0.426 e. The second kappa shape index (κ2) is 11.4. The van der Waals surface area contributed by atoms with Crippen molar-refractivity contribution in [2.75, 3.05) is 6.61 Å². The summed E-state index contributed by atoms with van der Waals surface area (Å²) in [6.07, 6.45) is -2.51. The van der Waals surface area contributed by atoms with E-state index >= 15 is 4.79 Å². The zero-order chi connectivity index (χ0) is 32.7. The Morgan fingerprint density at radius 1 is 0.886 bits per heavy atom. The van der Waals surface area contributed by atoms with Gasteiger partial charge < -0.3 is 23.1 Å². The molecule has 3 aliphatic carbocycles. The quantitative estimate of drug-likeness (QED) is 0.0994. The first-order valence-corrected chi connectivity index (χ1v) is 22.9. The topological polar surface area (TPSA) is 101 Å². The maximum Gasteiger partial charge on any atom is 0.509 e. The number of alkyl halides is 1. The summed E-state index contributed by atoms with van der Waals surface area (Å²) in [5.74, 6) is -0.814. The molecule has 0 radical (unpaired) electrons. The number of carbonyl (C=O) groups is 3. The average Bonchev–Trinajstić information content (AvgIpc) is 3.72. The predicted molar refractivity (Wildman–Crippen MR) is 177 cm³/mol. The number of fused-ring (bicyclic) bond motifs is 4. The Balaban J connectivity index is 1.84. The van der Waals surface area contributed by atoms with Gasteiger partial charge in [0, 0.05) is 16.2 Å². The zero-order valence-corrected chi connectivity index (χ0v) is 32.0. The fourth-order valence-electron chi connectivity index (χ4n) is 9.46. The highest BCUT2D eigenvalue weighted by Crippen LogP contribution is 2.68. The molecular formula is C33H53BrO8Si2. The average molecular weight is 714 g/mol. The number of carbonyl (C=O) groups excluding carboxylic acids is 3. The number of rotatable bonds is 10. The molecule has 0 aromatic rings. The van der Waals surface area contributed by atoms with Gasteiger partial charge in [0.2, 0.25) is 0 Å². The Morgan fingerprint density at radius 3 is 1.91 bits per heavy atom. The van der Waals surface area contributed by atoms with E-state index in [1.54, 1.807) is 0 Å². The lowest BCUT2D eigenvalue weighted by Crippen LogP contribution is -2.74. The summed E-state index contributed by atoms with van der Waals surface area (Å²) in [7, 11) is -4.61. The fraction of sp³-hybridized carbons (Fsp3) is 0.848. The van der Waals surface area contributed by atoms with Crippen molar-refractivity contribution in [2.24, 2.45) is 16.7 Å². The van der Waals surface area contributed by atoms with Crippen LogP contribution in [0.4, 0.5) is 4.79 Å². The van der Waals surface area contributed by atoms with Crippen molar-refractivity contribution in [2.45, 2.75) is 153 Å². The molecule has 11 heteroatoms. The first-order valence-electron chi connectivity index (χ1n) is 16.9. The van der Waals surface area contributed by atoms with Crippen LogP contribution in [0.25, 0.3) is 0 Å². The molecule has 2 heterocycles. The third kappa shape index (κ3) is 4.52. The van der Waals surface area contributed by atoms with E-state index in [9.17, 15) is 9.59 Å². The van der Waals surface area contributed by atoms with Gasteiger partial charge in [-0.3, -0.25) is 9.59 Å². The van der Waals surface area contributed by atoms with Gasteiger partial charge >= 0.3 is 6.16 Å². The molecule has 4 fully saturated rings.